The quantitative estimate of drug-likeness (QED) is 0.906. The van der Waals surface area contributed by atoms with Gasteiger partial charge in [0, 0.05) is 39.6 Å². The fourth-order valence-electron chi connectivity index (χ4n) is 2.43. The van der Waals surface area contributed by atoms with Gasteiger partial charge in [0.05, 0.1) is 0 Å². The molecule has 0 saturated carbocycles. The maximum Gasteiger partial charge on any atom is 0.227 e. The normalized spacial score (nSPS) is 15.6. The molecular weight excluding hydrogens is 257 g/mol. The molecule has 1 aliphatic heterocycles. The van der Waals surface area contributed by atoms with Gasteiger partial charge in [0.1, 0.15) is 11.6 Å². The molecule has 1 aromatic carbocycles. The molecule has 0 radical (unpaired) electrons. The number of benzene rings is 1. The molecule has 2 heterocycles. The molecule has 1 saturated heterocycles. The van der Waals surface area contributed by atoms with E-state index < -0.39 is 0 Å². The molecule has 1 N–H and O–H groups in total. The zero-order chi connectivity index (χ0) is 13.9. The third kappa shape index (κ3) is 2.65. The number of piperazine rings is 1. The molecule has 0 aliphatic carbocycles. The molecule has 0 atom stereocenters. The molecule has 20 heavy (non-hydrogen) atoms. The van der Waals surface area contributed by atoms with Crippen molar-refractivity contribution in [3.05, 3.63) is 41.5 Å². The summed E-state index contributed by atoms with van der Waals surface area (Å²) in [5.74, 6) is 1.59. The molecule has 0 amide bonds. The van der Waals surface area contributed by atoms with E-state index in [1.54, 1.807) is 12.1 Å². The van der Waals surface area contributed by atoms with E-state index in [9.17, 15) is 4.39 Å². The number of hydrogen-bond acceptors (Lipinski definition) is 4. The van der Waals surface area contributed by atoms with Crippen LogP contribution in [0.1, 0.15) is 11.4 Å². The van der Waals surface area contributed by atoms with Crippen LogP contribution in [0, 0.1) is 5.82 Å². The Morgan fingerprint density at radius 3 is 2.55 bits per heavy atom. The molecule has 0 unspecified atom stereocenters. The van der Waals surface area contributed by atoms with Crippen molar-refractivity contribution < 1.29 is 4.39 Å². The summed E-state index contributed by atoms with van der Waals surface area (Å²) in [5, 5.41) is 11.9. The average molecular weight is 275 g/mol. The van der Waals surface area contributed by atoms with E-state index in [1.807, 2.05) is 11.6 Å². The maximum absolute atomic E-state index is 12.9. The van der Waals surface area contributed by atoms with E-state index in [0.717, 1.165) is 43.5 Å². The lowest BCUT2D eigenvalue weighted by Gasteiger charge is -2.27. The van der Waals surface area contributed by atoms with Gasteiger partial charge < -0.3 is 14.8 Å². The average Bonchev–Trinajstić information content (AvgIpc) is 2.84. The zero-order valence-corrected chi connectivity index (χ0v) is 11.5. The maximum atomic E-state index is 12.9. The highest BCUT2D eigenvalue weighted by Crippen LogP contribution is 2.15. The molecule has 6 heteroatoms. The van der Waals surface area contributed by atoms with Crippen LogP contribution >= 0.6 is 0 Å². The number of rotatable bonds is 3. The van der Waals surface area contributed by atoms with Crippen LogP contribution in [0.2, 0.25) is 0 Å². The van der Waals surface area contributed by atoms with Crippen LogP contribution in [-0.2, 0) is 13.5 Å². The molecule has 1 aromatic heterocycles. The van der Waals surface area contributed by atoms with E-state index in [1.165, 1.54) is 12.1 Å². The number of hydrogen-bond donors (Lipinski definition) is 1. The Hall–Kier alpha value is -1.95. The van der Waals surface area contributed by atoms with Crippen molar-refractivity contribution in [1.82, 2.24) is 20.1 Å². The van der Waals surface area contributed by atoms with E-state index in [-0.39, 0.29) is 5.82 Å². The van der Waals surface area contributed by atoms with E-state index in [0.29, 0.717) is 6.42 Å². The molecule has 0 bridgehead atoms. The second kappa shape index (κ2) is 5.58. The smallest absolute Gasteiger partial charge is 0.227 e. The van der Waals surface area contributed by atoms with Crippen molar-refractivity contribution in [2.24, 2.45) is 7.05 Å². The van der Waals surface area contributed by atoms with Gasteiger partial charge in [0.2, 0.25) is 5.95 Å². The second-order valence-corrected chi connectivity index (χ2v) is 5.02. The van der Waals surface area contributed by atoms with Crippen LogP contribution in [0.4, 0.5) is 10.3 Å². The Kier molecular flexibility index (Phi) is 3.64. The van der Waals surface area contributed by atoms with Crippen LogP contribution in [0.3, 0.4) is 0 Å². The Balaban J connectivity index is 1.77. The first-order valence-electron chi connectivity index (χ1n) is 6.82. The summed E-state index contributed by atoms with van der Waals surface area (Å²) < 4.78 is 14.9. The van der Waals surface area contributed by atoms with Crippen LogP contribution < -0.4 is 10.2 Å². The van der Waals surface area contributed by atoms with Gasteiger partial charge in [-0.25, -0.2) is 4.39 Å². The number of nitrogens with one attached hydrogen (secondary N) is 1. The van der Waals surface area contributed by atoms with Crippen LogP contribution in [0.25, 0.3) is 0 Å². The largest absolute Gasteiger partial charge is 0.338 e. The van der Waals surface area contributed by atoms with Gasteiger partial charge in [-0.05, 0) is 17.7 Å². The van der Waals surface area contributed by atoms with Crippen molar-refractivity contribution in [2.45, 2.75) is 6.42 Å². The standard InChI is InChI=1S/C14H18FN5/c1-19-13(10-11-2-4-12(15)5-3-11)17-18-14(19)20-8-6-16-7-9-20/h2-5,16H,6-10H2,1H3. The molecule has 0 spiro atoms. The van der Waals surface area contributed by atoms with Crippen molar-refractivity contribution in [1.29, 1.82) is 0 Å². The van der Waals surface area contributed by atoms with Crippen molar-refractivity contribution in [2.75, 3.05) is 31.1 Å². The lowest BCUT2D eigenvalue weighted by Crippen LogP contribution is -2.44. The fraction of sp³-hybridized carbons (Fsp3) is 0.429. The Bertz CT molecular complexity index is 572. The van der Waals surface area contributed by atoms with Crippen molar-refractivity contribution >= 4 is 5.95 Å². The molecule has 1 aliphatic rings. The van der Waals surface area contributed by atoms with Gasteiger partial charge in [-0.15, -0.1) is 10.2 Å². The summed E-state index contributed by atoms with van der Waals surface area (Å²) in [6.45, 7) is 3.84. The molecule has 1 fully saturated rings. The summed E-state index contributed by atoms with van der Waals surface area (Å²) >= 11 is 0. The van der Waals surface area contributed by atoms with Gasteiger partial charge in [0.15, 0.2) is 0 Å². The lowest BCUT2D eigenvalue weighted by molar-refractivity contribution is 0.572. The first-order valence-corrected chi connectivity index (χ1v) is 6.82. The Morgan fingerprint density at radius 1 is 1.15 bits per heavy atom. The summed E-state index contributed by atoms with van der Waals surface area (Å²) in [7, 11) is 1.98. The van der Waals surface area contributed by atoms with Gasteiger partial charge in [0.25, 0.3) is 0 Å². The van der Waals surface area contributed by atoms with E-state index in [4.69, 9.17) is 0 Å². The molecular formula is C14H18FN5. The lowest BCUT2D eigenvalue weighted by atomic mass is 10.1. The monoisotopic (exact) mass is 275 g/mol. The minimum atomic E-state index is -0.215. The summed E-state index contributed by atoms with van der Waals surface area (Å²) in [5.41, 5.74) is 1.04. The highest BCUT2D eigenvalue weighted by Gasteiger charge is 2.17. The molecule has 3 rings (SSSR count). The number of nitrogens with zero attached hydrogens (tertiary/aromatic N) is 4. The van der Waals surface area contributed by atoms with Gasteiger partial charge >= 0.3 is 0 Å². The van der Waals surface area contributed by atoms with Crippen LogP contribution in [0.5, 0.6) is 0 Å². The van der Waals surface area contributed by atoms with Crippen LogP contribution in [-0.4, -0.2) is 40.9 Å². The molecule has 5 nitrogen and oxygen atoms in total. The van der Waals surface area contributed by atoms with Crippen LogP contribution in [0.15, 0.2) is 24.3 Å². The minimum Gasteiger partial charge on any atom is -0.338 e. The summed E-state index contributed by atoms with van der Waals surface area (Å²) in [6, 6.07) is 6.52. The Labute approximate surface area is 117 Å². The summed E-state index contributed by atoms with van der Waals surface area (Å²) in [4.78, 5) is 2.23. The SMILES string of the molecule is Cn1c(Cc2ccc(F)cc2)nnc1N1CCNCC1. The van der Waals surface area contributed by atoms with Crippen molar-refractivity contribution in [3.8, 4) is 0 Å². The summed E-state index contributed by atoms with van der Waals surface area (Å²) in [6.07, 6.45) is 0.663. The highest BCUT2D eigenvalue weighted by atomic mass is 19.1. The number of halogens is 1. The predicted octanol–water partition coefficient (Wildman–Crippen LogP) is 0.955. The topological polar surface area (TPSA) is 46.0 Å². The zero-order valence-electron chi connectivity index (χ0n) is 11.5. The fourth-order valence-corrected chi connectivity index (χ4v) is 2.43. The number of anilines is 1. The van der Waals surface area contributed by atoms with Gasteiger partial charge in [-0.1, -0.05) is 12.1 Å². The van der Waals surface area contributed by atoms with Crippen molar-refractivity contribution in [3.63, 3.8) is 0 Å². The first kappa shape index (κ1) is 13.1. The Morgan fingerprint density at radius 2 is 1.85 bits per heavy atom. The predicted molar refractivity (Wildman–Crippen MR) is 75.3 cm³/mol. The van der Waals surface area contributed by atoms with Gasteiger partial charge in [-0.2, -0.15) is 0 Å². The highest BCUT2D eigenvalue weighted by molar-refractivity contribution is 5.33. The van der Waals surface area contributed by atoms with E-state index >= 15 is 0 Å². The van der Waals surface area contributed by atoms with Gasteiger partial charge in [-0.3, -0.25) is 0 Å². The first-order chi connectivity index (χ1) is 9.74. The van der Waals surface area contributed by atoms with E-state index in [2.05, 4.69) is 20.4 Å². The minimum absolute atomic E-state index is 0.215. The second-order valence-electron chi connectivity index (χ2n) is 5.02. The number of aromatic nitrogens is 3. The third-order valence-electron chi connectivity index (χ3n) is 3.62. The molecule has 106 valence electrons. The molecule has 2 aromatic rings. The third-order valence-corrected chi connectivity index (χ3v) is 3.62.